The predicted molar refractivity (Wildman–Crippen MR) is 92.3 cm³/mol. The van der Waals surface area contributed by atoms with E-state index in [4.69, 9.17) is 9.78 Å². The molecule has 0 N–H and O–H groups in total. The number of benzene rings is 1. The maximum atomic E-state index is 5.60. The Balaban J connectivity index is 2.86. The maximum absolute atomic E-state index is 5.60. The summed E-state index contributed by atoms with van der Waals surface area (Å²) in [5, 5.41) is 0. The SMILES string of the molecule is CC(C)c1ccc(C(C)(C)C)c(C(C)(C)C)c1C1(C)COO1. The van der Waals surface area contributed by atoms with E-state index < -0.39 is 0 Å². The second kappa shape index (κ2) is 5.35. The zero-order valence-corrected chi connectivity index (χ0v) is 15.8. The molecule has 0 saturated carbocycles. The van der Waals surface area contributed by atoms with E-state index in [-0.39, 0.29) is 16.4 Å². The smallest absolute Gasteiger partial charge is 0.153 e. The topological polar surface area (TPSA) is 18.5 Å². The minimum absolute atomic E-state index is 0.0603. The van der Waals surface area contributed by atoms with Gasteiger partial charge in [0, 0.05) is 0 Å². The highest BCUT2D eigenvalue weighted by Crippen LogP contribution is 2.47. The monoisotopic (exact) mass is 304 g/mol. The summed E-state index contributed by atoms with van der Waals surface area (Å²) in [6.07, 6.45) is 0. The van der Waals surface area contributed by atoms with Crippen LogP contribution in [0.15, 0.2) is 12.1 Å². The third-order valence-corrected chi connectivity index (χ3v) is 4.52. The van der Waals surface area contributed by atoms with Gasteiger partial charge >= 0.3 is 0 Å². The van der Waals surface area contributed by atoms with Crippen LogP contribution in [-0.2, 0) is 26.2 Å². The Morgan fingerprint density at radius 3 is 1.86 bits per heavy atom. The van der Waals surface area contributed by atoms with Gasteiger partial charge in [-0.25, -0.2) is 9.78 Å². The predicted octanol–water partition coefficient (Wildman–Crippen LogP) is 5.58. The molecule has 22 heavy (non-hydrogen) atoms. The first-order chi connectivity index (χ1) is 9.88. The average molecular weight is 304 g/mol. The van der Waals surface area contributed by atoms with Gasteiger partial charge < -0.3 is 0 Å². The molecule has 0 spiro atoms. The second-order valence-electron chi connectivity index (χ2n) is 9.18. The van der Waals surface area contributed by atoms with Gasteiger partial charge in [-0.05, 0) is 45.9 Å². The van der Waals surface area contributed by atoms with Crippen molar-refractivity contribution < 1.29 is 9.78 Å². The summed E-state index contributed by atoms with van der Waals surface area (Å²) in [7, 11) is 0. The molecule has 0 radical (unpaired) electrons. The van der Waals surface area contributed by atoms with Gasteiger partial charge in [-0.1, -0.05) is 67.5 Å². The molecule has 1 saturated heterocycles. The van der Waals surface area contributed by atoms with Crippen molar-refractivity contribution in [1.82, 2.24) is 0 Å². The van der Waals surface area contributed by atoms with Gasteiger partial charge in [0.25, 0.3) is 0 Å². The van der Waals surface area contributed by atoms with Crippen molar-refractivity contribution in [2.24, 2.45) is 0 Å². The summed E-state index contributed by atoms with van der Waals surface area (Å²) < 4.78 is 0. The van der Waals surface area contributed by atoms with Crippen LogP contribution in [0.3, 0.4) is 0 Å². The lowest BCUT2D eigenvalue weighted by Crippen LogP contribution is -2.45. The van der Waals surface area contributed by atoms with Crippen LogP contribution in [-0.4, -0.2) is 6.61 Å². The molecule has 2 heteroatoms. The Morgan fingerprint density at radius 1 is 1.00 bits per heavy atom. The van der Waals surface area contributed by atoms with Crippen LogP contribution >= 0.6 is 0 Å². The van der Waals surface area contributed by atoms with Crippen LogP contribution < -0.4 is 0 Å². The minimum atomic E-state index is -0.330. The lowest BCUT2D eigenvalue weighted by Gasteiger charge is -2.44. The van der Waals surface area contributed by atoms with Crippen molar-refractivity contribution in [3.63, 3.8) is 0 Å². The first-order valence-electron chi connectivity index (χ1n) is 8.37. The number of hydrogen-bond acceptors (Lipinski definition) is 2. The molecular weight excluding hydrogens is 272 g/mol. The van der Waals surface area contributed by atoms with E-state index >= 15 is 0 Å². The van der Waals surface area contributed by atoms with Crippen molar-refractivity contribution in [1.29, 1.82) is 0 Å². The maximum Gasteiger partial charge on any atom is 0.153 e. The van der Waals surface area contributed by atoms with Crippen LogP contribution in [0.5, 0.6) is 0 Å². The quantitative estimate of drug-likeness (QED) is 0.664. The van der Waals surface area contributed by atoms with Gasteiger partial charge in [0.1, 0.15) is 6.61 Å². The molecule has 1 unspecified atom stereocenters. The molecular formula is C20H32O2. The molecule has 0 bridgehead atoms. The fraction of sp³-hybridized carbons (Fsp3) is 0.700. The zero-order chi connectivity index (χ0) is 16.9. The molecule has 1 heterocycles. The molecule has 2 rings (SSSR count). The van der Waals surface area contributed by atoms with Crippen molar-refractivity contribution >= 4 is 0 Å². The molecule has 124 valence electrons. The fourth-order valence-electron chi connectivity index (χ4n) is 3.42. The molecule has 1 atom stereocenters. The van der Waals surface area contributed by atoms with Gasteiger partial charge in [-0.15, -0.1) is 0 Å². The molecule has 1 aromatic rings. The second-order valence-corrected chi connectivity index (χ2v) is 9.18. The summed E-state index contributed by atoms with van der Waals surface area (Å²) >= 11 is 0. The summed E-state index contributed by atoms with van der Waals surface area (Å²) in [5.41, 5.74) is 5.40. The molecule has 0 aliphatic carbocycles. The van der Waals surface area contributed by atoms with Gasteiger partial charge in [0.05, 0.1) is 0 Å². The van der Waals surface area contributed by atoms with Gasteiger partial charge in [-0.2, -0.15) is 0 Å². The van der Waals surface area contributed by atoms with Crippen LogP contribution in [0.1, 0.15) is 90.5 Å². The Kier molecular flexibility index (Phi) is 4.25. The van der Waals surface area contributed by atoms with Gasteiger partial charge in [0.2, 0.25) is 0 Å². The first-order valence-corrected chi connectivity index (χ1v) is 8.37. The minimum Gasteiger partial charge on any atom is -0.232 e. The first kappa shape index (κ1) is 17.5. The largest absolute Gasteiger partial charge is 0.232 e. The summed E-state index contributed by atoms with van der Waals surface area (Å²) in [5.74, 6) is 0.464. The Morgan fingerprint density at radius 2 is 1.55 bits per heavy atom. The standard InChI is InChI=1S/C20H32O2/c1-13(2)14-10-11-15(18(3,4)5)17(19(6,7)8)16(14)20(9)12-21-22-20/h10-11,13H,12H2,1-9H3. The van der Waals surface area contributed by atoms with E-state index in [1.54, 1.807) is 0 Å². The van der Waals surface area contributed by atoms with Gasteiger partial charge in [-0.3, -0.25) is 0 Å². The average Bonchev–Trinajstić information content (AvgIpc) is 2.31. The number of rotatable bonds is 2. The highest BCUT2D eigenvalue weighted by Gasteiger charge is 2.45. The number of hydrogen-bond donors (Lipinski definition) is 0. The molecule has 1 aliphatic heterocycles. The molecule has 2 nitrogen and oxygen atoms in total. The van der Waals surface area contributed by atoms with Crippen molar-refractivity contribution in [3.8, 4) is 0 Å². The Labute approximate surface area is 136 Å². The molecule has 1 aliphatic rings. The van der Waals surface area contributed by atoms with E-state index in [1.165, 1.54) is 22.3 Å². The van der Waals surface area contributed by atoms with E-state index in [2.05, 4.69) is 74.4 Å². The summed E-state index contributed by atoms with van der Waals surface area (Å²) in [6, 6.07) is 4.62. The lowest BCUT2D eigenvalue weighted by molar-refractivity contribution is -0.474. The van der Waals surface area contributed by atoms with Gasteiger partial charge in [0.15, 0.2) is 5.60 Å². The lowest BCUT2D eigenvalue weighted by atomic mass is 9.68. The third kappa shape index (κ3) is 2.96. The molecule has 1 aromatic carbocycles. The third-order valence-electron chi connectivity index (χ3n) is 4.52. The van der Waals surface area contributed by atoms with Crippen LogP contribution in [0.2, 0.25) is 0 Å². The summed E-state index contributed by atoms with van der Waals surface area (Å²) in [6.45, 7) is 21.1. The molecule has 0 amide bonds. The van der Waals surface area contributed by atoms with Crippen molar-refractivity contribution in [2.45, 2.75) is 84.7 Å². The van der Waals surface area contributed by atoms with Crippen molar-refractivity contribution in [2.75, 3.05) is 6.61 Å². The molecule has 0 aromatic heterocycles. The van der Waals surface area contributed by atoms with E-state index in [0.29, 0.717) is 12.5 Å². The Bertz CT molecular complexity index is 552. The zero-order valence-electron chi connectivity index (χ0n) is 15.8. The fourth-order valence-corrected chi connectivity index (χ4v) is 3.42. The van der Waals surface area contributed by atoms with Crippen LogP contribution in [0.4, 0.5) is 0 Å². The Hall–Kier alpha value is -0.860. The normalized spacial score (nSPS) is 22.8. The molecule has 1 fully saturated rings. The van der Waals surface area contributed by atoms with Crippen LogP contribution in [0.25, 0.3) is 0 Å². The van der Waals surface area contributed by atoms with E-state index in [1.807, 2.05) is 0 Å². The van der Waals surface area contributed by atoms with Crippen LogP contribution in [0, 0.1) is 0 Å². The van der Waals surface area contributed by atoms with E-state index in [0.717, 1.165) is 0 Å². The summed E-state index contributed by atoms with van der Waals surface area (Å²) in [4.78, 5) is 10.7. The highest BCUT2D eigenvalue weighted by atomic mass is 17.2. The van der Waals surface area contributed by atoms with Crippen molar-refractivity contribution in [3.05, 3.63) is 34.4 Å². The van der Waals surface area contributed by atoms with E-state index in [9.17, 15) is 0 Å². The highest BCUT2D eigenvalue weighted by molar-refractivity contribution is 5.51.